The molecule has 0 N–H and O–H groups in total. The molecule has 0 unspecified atom stereocenters. The van der Waals surface area contributed by atoms with Crippen molar-refractivity contribution in [2.75, 3.05) is 0 Å². The predicted molar refractivity (Wildman–Crippen MR) is 73.9 cm³/mol. The second kappa shape index (κ2) is 6.32. The summed E-state index contributed by atoms with van der Waals surface area (Å²) in [5, 5.41) is 0. The van der Waals surface area contributed by atoms with Crippen LogP contribution < -0.4 is 0 Å². The van der Waals surface area contributed by atoms with Gasteiger partial charge in [-0.2, -0.15) is 0 Å². The fourth-order valence-corrected chi connectivity index (χ4v) is 1.66. The SMILES string of the molecule is O=CCC#Cc1ccc(C(=O)c2ccccc2)cc1. The molecule has 2 aromatic carbocycles. The molecule has 2 rings (SSSR count). The molecular weight excluding hydrogens is 236 g/mol. The molecule has 0 saturated heterocycles. The van der Waals surface area contributed by atoms with Crippen LogP contribution in [0.4, 0.5) is 0 Å². The van der Waals surface area contributed by atoms with E-state index in [9.17, 15) is 9.59 Å². The Bertz CT molecular complexity index is 628. The van der Waals surface area contributed by atoms with E-state index in [-0.39, 0.29) is 12.2 Å². The van der Waals surface area contributed by atoms with Crippen molar-refractivity contribution < 1.29 is 9.59 Å². The van der Waals surface area contributed by atoms with E-state index >= 15 is 0 Å². The first-order chi connectivity index (χ1) is 9.31. The maximum absolute atomic E-state index is 12.1. The summed E-state index contributed by atoms with van der Waals surface area (Å²) in [5.41, 5.74) is 2.10. The van der Waals surface area contributed by atoms with Gasteiger partial charge in [0.15, 0.2) is 5.78 Å². The zero-order valence-corrected chi connectivity index (χ0v) is 10.3. The normalized spacial score (nSPS) is 9.26. The third-order valence-corrected chi connectivity index (χ3v) is 2.60. The van der Waals surface area contributed by atoms with Gasteiger partial charge in [0.25, 0.3) is 0 Å². The van der Waals surface area contributed by atoms with Crippen LogP contribution in [-0.2, 0) is 4.79 Å². The molecule has 0 aromatic heterocycles. The molecule has 19 heavy (non-hydrogen) atoms. The summed E-state index contributed by atoms with van der Waals surface area (Å²) >= 11 is 0. The van der Waals surface area contributed by atoms with Gasteiger partial charge in [-0.15, -0.1) is 0 Å². The highest BCUT2D eigenvalue weighted by atomic mass is 16.1. The average Bonchev–Trinajstić information content (AvgIpc) is 2.48. The quantitative estimate of drug-likeness (QED) is 0.475. The van der Waals surface area contributed by atoms with Crippen LogP contribution in [0.1, 0.15) is 27.9 Å². The Morgan fingerprint density at radius 1 is 0.947 bits per heavy atom. The summed E-state index contributed by atoms with van der Waals surface area (Å²) in [4.78, 5) is 22.3. The number of hydrogen-bond acceptors (Lipinski definition) is 2. The lowest BCUT2D eigenvalue weighted by Gasteiger charge is -2.00. The van der Waals surface area contributed by atoms with E-state index in [1.165, 1.54) is 0 Å². The molecule has 2 heteroatoms. The van der Waals surface area contributed by atoms with Gasteiger partial charge >= 0.3 is 0 Å². The minimum Gasteiger partial charge on any atom is -0.302 e. The molecule has 0 aliphatic carbocycles. The van der Waals surface area contributed by atoms with Crippen LogP contribution in [0.5, 0.6) is 0 Å². The summed E-state index contributed by atoms with van der Waals surface area (Å²) in [5.74, 6) is 5.58. The van der Waals surface area contributed by atoms with Crippen molar-refractivity contribution in [1.82, 2.24) is 0 Å². The van der Waals surface area contributed by atoms with Gasteiger partial charge in [0.2, 0.25) is 0 Å². The first-order valence-electron chi connectivity index (χ1n) is 5.93. The molecule has 0 radical (unpaired) electrons. The fourth-order valence-electron chi connectivity index (χ4n) is 1.66. The molecular formula is C17H12O2. The number of carbonyl (C=O) groups is 2. The highest BCUT2D eigenvalue weighted by Crippen LogP contribution is 2.10. The number of aldehydes is 1. The van der Waals surface area contributed by atoms with Gasteiger partial charge in [0, 0.05) is 16.7 Å². The minimum atomic E-state index is -0.00648. The maximum Gasteiger partial charge on any atom is 0.193 e. The Morgan fingerprint density at radius 3 is 2.21 bits per heavy atom. The standard InChI is InChI=1S/C17H12O2/c18-13-5-4-6-14-9-11-16(12-10-14)17(19)15-7-2-1-3-8-15/h1-3,7-13H,5H2. The molecule has 92 valence electrons. The van der Waals surface area contributed by atoms with Gasteiger partial charge in [-0.25, -0.2) is 0 Å². The molecule has 0 heterocycles. The minimum absolute atomic E-state index is 0.00648. The average molecular weight is 248 g/mol. The molecule has 2 aromatic rings. The summed E-state index contributed by atoms with van der Waals surface area (Å²) in [6.07, 6.45) is 0.991. The van der Waals surface area contributed by atoms with Gasteiger partial charge in [-0.05, 0) is 24.3 Å². The summed E-state index contributed by atoms with van der Waals surface area (Å²) in [6.45, 7) is 0. The molecule has 0 aliphatic heterocycles. The maximum atomic E-state index is 12.1. The van der Waals surface area contributed by atoms with E-state index in [1.807, 2.05) is 18.2 Å². The largest absolute Gasteiger partial charge is 0.302 e. The van der Waals surface area contributed by atoms with Crippen LogP contribution in [-0.4, -0.2) is 12.1 Å². The Labute approximate surface area is 112 Å². The number of carbonyl (C=O) groups excluding carboxylic acids is 2. The molecule has 0 saturated carbocycles. The third-order valence-electron chi connectivity index (χ3n) is 2.60. The lowest BCUT2D eigenvalue weighted by Crippen LogP contribution is -2.00. The molecule has 0 bridgehead atoms. The number of ketones is 1. The third kappa shape index (κ3) is 3.40. The van der Waals surface area contributed by atoms with Gasteiger partial charge in [-0.1, -0.05) is 42.2 Å². The summed E-state index contributed by atoms with van der Waals surface area (Å²) in [7, 11) is 0. The first kappa shape index (κ1) is 12.8. The summed E-state index contributed by atoms with van der Waals surface area (Å²) < 4.78 is 0. The van der Waals surface area contributed by atoms with Crippen molar-refractivity contribution >= 4 is 12.1 Å². The Balaban J connectivity index is 2.17. The van der Waals surface area contributed by atoms with Crippen LogP contribution in [0, 0.1) is 11.8 Å². The van der Waals surface area contributed by atoms with E-state index in [4.69, 9.17) is 0 Å². The lowest BCUT2D eigenvalue weighted by molar-refractivity contribution is -0.107. The van der Waals surface area contributed by atoms with E-state index < -0.39 is 0 Å². The smallest absolute Gasteiger partial charge is 0.193 e. The summed E-state index contributed by atoms with van der Waals surface area (Å²) in [6, 6.07) is 16.2. The predicted octanol–water partition coefficient (Wildman–Crippen LogP) is 2.86. The second-order valence-corrected chi connectivity index (χ2v) is 3.95. The molecule has 2 nitrogen and oxygen atoms in total. The number of rotatable bonds is 3. The van der Waals surface area contributed by atoms with Crippen LogP contribution in [0.15, 0.2) is 54.6 Å². The second-order valence-electron chi connectivity index (χ2n) is 3.95. The van der Waals surface area contributed by atoms with Crippen LogP contribution in [0.2, 0.25) is 0 Å². The van der Waals surface area contributed by atoms with Crippen LogP contribution in [0.3, 0.4) is 0 Å². The Morgan fingerprint density at radius 2 is 1.58 bits per heavy atom. The van der Waals surface area contributed by atoms with Crippen LogP contribution in [0.25, 0.3) is 0 Å². The van der Waals surface area contributed by atoms with E-state index in [2.05, 4.69) is 11.8 Å². The molecule has 0 fully saturated rings. The fraction of sp³-hybridized carbons (Fsp3) is 0.0588. The molecule has 0 atom stereocenters. The monoisotopic (exact) mass is 248 g/mol. The number of hydrogen-bond donors (Lipinski definition) is 0. The number of benzene rings is 2. The van der Waals surface area contributed by atoms with Crippen molar-refractivity contribution in [3.05, 3.63) is 71.3 Å². The van der Waals surface area contributed by atoms with Crippen molar-refractivity contribution in [3.8, 4) is 11.8 Å². The Hall–Kier alpha value is -2.66. The van der Waals surface area contributed by atoms with Gasteiger partial charge in [0.1, 0.15) is 6.29 Å². The highest BCUT2D eigenvalue weighted by Gasteiger charge is 2.07. The Kier molecular flexibility index (Phi) is 4.25. The van der Waals surface area contributed by atoms with Crippen molar-refractivity contribution in [2.45, 2.75) is 6.42 Å². The zero-order valence-electron chi connectivity index (χ0n) is 10.3. The topological polar surface area (TPSA) is 34.1 Å². The van der Waals surface area contributed by atoms with Crippen molar-refractivity contribution in [2.24, 2.45) is 0 Å². The van der Waals surface area contributed by atoms with E-state index in [0.717, 1.165) is 11.8 Å². The van der Waals surface area contributed by atoms with Gasteiger partial charge in [-0.3, -0.25) is 4.79 Å². The molecule has 0 aliphatic rings. The van der Waals surface area contributed by atoms with E-state index in [1.54, 1.807) is 36.4 Å². The van der Waals surface area contributed by atoms with Gasteiger partial charge in [0.05, 0.1) is 6.42 Å². The molecule has 0 amide bonds. The van der Waals surface area contributed by atoms with Crippen molar-refractivity contribution in [1.29, 1.82) is 0 Å². The van der Waals surface area contributed by atoms with Crippen molar-refractivity contribution in [3.63, 3.8) is 0 Å². The first-order valence-corrected chi connectivity index (χ1v) is 5.93. The van der Waals surface area contributed by atoms with E-state index in [0.29, 0.717) is 11.1 Å². The van der Waals surface area contributed by atoms with Gasteiger partial charge < -0.3 is 4.79 Å². The van der Waals surface area contributed by atoms with Crippen LogP contribution >= 0.6 is 0 Å². The zero-order chi connectivity index (χ0) is 13.5. The highest BCUT2D eigenvalue weighted by molar-refractivity contribution is 6.08. The lowest BCUT2D eigenvalue weighted by atomic mass is 10.0. The molecule has 0 spiro atoms.